The van der Waals surface area contributed by atoms with E-state index in [0.717, 1.165) is 0 Å². The number of pyridine rings is 1. The van der Waals surface area contributed by atoms with Gasteiger partial charge in [0.05, 0.1) is 25.1 Å². The second-order valence-electron chi connectivity index (χ2n) is 9.14. The number of piperidine rings is 1. The molecule has 2 aliphatic rings. The number of aliphatic hydroxyl groups is 1. The third-order valence-electron chi connectivity index (χ3n) is 6.82. The summed E-state index contributed by atoms with van der Waals surface area (Å²) in [5.74, 6) is -0.927. The number of aliphatic hydroxyl groups excluding tert-OH is 1. The molecule has 10 heteroatoms. The maximum absolute atomic E-state index is 15.0. The fraction of sp³-hybridized carbons (Fsp3) is 0.480. The van der Waals surface area contributed by atoms with Crippen molar-refractivity contribution in [1.29, 1.82) is 0 Å². The fourth-order valence-electron chi connectivity index (χ4n) is 4.87. The van der Waals surface area contributed by atoms with E-state index >= 15 is 4.39 Å². The largest absolute Gasteiger partial charge is 0.495 e. The maximum atomic E-state index is 15.0. The summed E-state index contributed by atoms with van der Waals surface area (Å²) in [6.07, 6.45) is 4.04. The zero-order chi connectivity index (χ0) is 24.9. The quantitative estimate of drug-likeness (QED) is 0.572. The van der Waals surface area contributed by atoms with E-state index in [9.17, 15) is 14.7 Å². The molecule has 3 amide bonds. The number of methoxy groups -OCH3 is 1. The molecular weight excluding hydrogens is 475 g/mol. The smallest absolute Gasteiger partial charge is 0.319 e. The highest BCUT2D eigenvalue weighted by Crippen LogP contribution is 2.32. The topological polar surface area (TPSA) is 104 Å². The van der Waals surface area contributed by atoms with Crippen LogP contribution in [0.1, 0.15) is 43.7 Å². The summed E-state index contributed by atoms with van der Waals surface area (Å²) in [6.45, 7) is 0.679. The second-order valence-corrected chi connectivity index (χ2v) is 9.58. The van der Waals surface area contributed by atoms with Crippen molar-refractivity contribution in [2.75, 3.05) is 25.5 Å². The zero-order valence-electron chi connectivity index (χ0n) is 19.5. The number of urea groups is 1. The Kier molecular flexibility index (Phi) is 8.07. The SMILES string of the molecule is COc1cnc([C@@H]2CN(C(=O)C3CCC(O)CC3)CC[C@H]2NC(=O)Nc2ccc(Cl)cc2)c(F)c1. The van der Waals surface area contributed by atoms with Crippen LogP contribution in [0.4, 0.5) is 14.9 Å². The van der Waals surface area contributed by atoms with E-state index < -0.39 is 23.8 Å². The number of anilines is 1. The van der Waals surface area contributed by atoms with Gasteiger partial charge >= 0.3 is 6.03 Å². The lowest BCUT2D eigenvalue weighted by atomic mass is 9.84. The van der Waals surface area contributed by atoms with Gasteiger partial charge in [0.1, 0.15) is 11.6 Å². The zero-order valence-corrected chi connectivity index (χ0v) is 20.3. The summed E-state index contributed by atoms with van der Waals surface area (Å²) < 4.78 is 20.1. The lowest BCUT2D eigenvalue weighted by molar-refractivity contribution is -0.138. The van der Waals surface area contributed by atoms with Crippen LogP contribution in [0, 0.1) is 11.7 Å². The molecule has 1 aromatic carbocycles. The number of hydrogen-bond acceptors (Lipinski definition) is 5. The molecule has 2 heterocycles. The molecule has 0 bridgehead atoms. The second kappa shape index (κ2) is 11.2. The molecule has 35 heavy (non-hydrogen) atoms. The maximum Gasteiger partial charge on any atom is 0.319 e. The van der Waals surface area contributed by atoms with Crippen LogP contribution in [-0.4, -0.2) is 59.3 Å². The minimum absolute atomic E-state index is 0.0138. The van der Waals surface area contributed by atoms with Crippen LogP contribution in [0.15, 0.2) is 36.5 Å². The van der Waals surface area contributed by atoms with Gasteiger partial charge in [-0.25, -0.2) is 9.18 Å². The van der Waals surface area contributed by atoms with Crippen LogP contribution < -0.4 is 15.4 Å². The van der Waals surface area contributed by atoms with Gasteiger partial charge in [-0.2, -0.15) is 0 Å². The third kappa shape index (κ3) is 6.21. The summed E-state index contributed by atoms with van der Waals surface area (Å²) in [5.41, 5.74) is 0.753. The van der Waals surface area contributed by atoms with Gasteiger partial charge in [-0.05, 0) is 56.4 Å². The van der Waals surface area contributed by atoms with Gasteiger partial charge in [-0.1, -0.05) is 11.6 Å². The molecule has 1 aromatic heterocycles. The monoisotopic (exact) mass is 504 g/mol. The summed E-state index contributed by atoms with van der Waals surface area (Å²) in [5, 5.41) is 16.0. The number of rotatable bonds is 5. The van der Waals surface area contributed by atoms with Gasteiger partial charge in [0.25, 0.3) is 0 Å². The number of benzene rings is 1. The fourth-order valence-corrected chi connectivity index (χ4v) is 4.99. The number of nitrogens with zero attached hydrogens (tertiary/aromatic N) is 2. The molecule has 1 aliphatic carbocycles. The number of nitrogens with one attached hydrogen (secondary N) is 2. The Balaban J connectivity index is 1.51. The van der Waals surface area contributed by atoms with Crippen molar-refractivity contribution in [3.63, 3.8) is 0 Å². The van der Waals surface area contributed by atoms with Gasteiger partial charge in [0.2, 0.25) is 5.91 Å². The first-order chi connectivity index (χ1) is 16.8. The predicted octanol–water partition coefficient (Wildman–Crippen LogP) is 3.94. The Labute approximate surface area is 208 Å². The average molecular weight is 505 g/mol. The van der Waals surface area contributed by atoms with Gasteiger partial charge in [-0.15, -0.1) is 0 Å². The molecule has 4 rings (SSSR count). The first kappa shape index (κ1) is 25.2. The molecule has 188 valence electrons. The van der Waals surface area contributed by atoms with E-state index in [0.29, 0.717) is 55.1 Å². The average Bonchev–Trinajstić information content (AvgIpc) is 2.86. The van der Waals surface area contributed by atoms with Gasteiger partial charge in [0.15, 0.2) is 0 Å². The molecule has 8 nitrogen and oxygen atoms in total. The van der Waals surface area contributed by atoms with E-state index in [2.05, 4.69) is 15.6 Å². The Bertz CT molecular complexity index is 1050. The summed E-state index contributed by atoms with van der Waals surface area (Å²) >= 11 is 5.91. The van der Waals surface area contributed by atoms with Crippen LogP contribution in [-0.2, 0) is 4.79 Å². The molecule has 1 saturated carbocycles. The number of carbonyl (C=O) groups is 2. The molecule has 3 N–H and O–H groups in total. The number of ether oxygens (including phenoxy) is 1. The molecular formula is C25H30ClFN4O4. The molecule has 2 fully saturated rings. The van der Waals surface area contributed by atoms with E-state index in [4.69, 9.17) is 16.3 Å². The van der Waals surface area contributed by atoms with Crippen molar-refractivity contribution in [2.24, 2.45) is 5.92 Å². The number of hydrogen-bond donors (Lipinski definition) is 3. The van der Waals surface area contributed by atoms with E-state index in [1.54, 1.807) is 29.2 Å². The first-order valence-corrected chi connectivity index (χ1v) is 12.2. The highest BCUT2D eigenvalue weighted by atomic mass is 35.5. The van der Waals surface area contributed by atoms with Crippen molar-refractivity contribution >= 4 is 29.2 Å². The van der Waals surface area contributed by atoms with Crippen molar-refractivity contribution in [1.82, 2.24) is 15.2 Å². The van der Waals surface area contributed by atoms with Gasteiger partial charge in [0, 0.05) is 47.7 Å². The van der Waals surface area contributed by atoms with E-state index in [-0.39, 0.29) is 30.2 Å². The van der Waals surface area contributed by atoms with Gasteiger partial charge in [-0.3, -0.25) is 9.78 Å². The minimum atomic E-state index is -0.547. The Morgan fingerprint density at radius 1 is 1.17 bits per heavy atom. The van der Waals surface area contributed by atoms with Crippen LogP contribution in [0.5, 0.6) is 5.75 Å². The normalized spacial score (nSPS) is 24.5. The number of amides is 3. The number of carbonyl (C=O) groups excluding carboxylic acids is 2. The summed E-state index contributed by atoms with van der Waals surface area (Å²) in [4.78, 5) is 32.0. The van der Waals surface area contributed by atoms with Crippen molar-refractivity contribution in [3.05, 3.63) is 53.1 Å². The van der Waals surface area contributed by atoms with Gasteiger partial charge < -0.3 is 25.4 Å². The van der Waals surface area contributed by atoms with E-state index in [1.165, 1.54) is 19.4 Å². The molecule has 2 aromatic rings. The number of halogens is 2. The number of aromatic nitrogens is 1. The third-order valence-corrected chi connectivity index (χ3v) is 7.07. The van der Waals surface area contributed by atoms with Crippen molar-refractivity contribution < 1.29 is 23.8 Å². The highest BCUT2D eigenvalue weighted by molar-refractivity contribution is 6.30. The molecule has 1 aliphatic heterocycles. The predicted molar refractivity (Wildman–Crippen MR) is 130 cm³/mol. The van der Waals surface area contributed by atoms with E-state index in [1.807, 2.05) is 0 Å². The standard InChI is InChI=1S/C25H30ClFN4O4/c1-35-19-12-21(27)23(28-13-19)20-14-31(24(33)15-2-8-18(32)9-3-15)11-10-22(20)30-25(34)29-17-6-4-16(26)5-7-17/h4-7,12-13,15,18,20,22,32H,2-3,8-11,14H2,1H3,(H2,29,30,34)/t15?,18?,20-,22-/m1/s1. The molecule has 1 saturated heterocycles. The van der Waals surface area contributed by atoms with Crippen molar-refractivity contribution in [2.45, 2.75) is 50.2 Å². The first-order valence-electron chi connectivity index (χ1n) is 11.8. The summed E-state index contributed by atoms with van der Waals surface area (Å²) in [7, 11) is 1.43. The van der Waals surface area contributed by atoms with Crippen LogP contribution >= 0.6 is 11.6 Å². The van der Waals surface area contributed by atoms with Crippen LogP contribution in [0.3, 0.4) is 0 Å². The highest BCUT2D eigenvalue weighted by Gasteiger charge is 2.38. The molecule has 0 unspecified atom stereocenters. The molecule has 0 radical (unpaired) electrons. The Morgan fingerprint density at radius 3 is 2.54 bits per heavy atom. The Morgan fingerprint density at radius 2 is 1.89 bits per heavy atom. The molecule has 2 atom stereocenters. The van der Waals surface area contributed by atoms with Crippen LogP contribution in [0.2, 0.25) is 5.02 Å². The van der Waals surface area contributed by atoms with Crippen molar-refractivity contribution in [3.8, 4) is 5.75 Å². The number of likely N-dealkylation sites (tertiary alicyclic amines) is 1. The lowest BCUT2D eigenvalue weighted by Crippen LogP contribution is -2.53. The van der Waals surface area contributed by atoms with Crippen LogP contribution in [0.25, 0.3) is 0 Å². The molecule has 0 spiro atoms. The summed E-state index contributed by atoms with van der Waals surface area (Å²) in [6, 6.07) is 7.11. The minimum Gasteiger partial charge on any atom is -0.495 e. The Hall–Kier alpha value is -2.91. The lowest BCUT2D eigenvalue weighted by Gasteiger charge is -2.40.